The highest BCUT2D eigenvalue weighted by molar-refractivity contribution is 6.05. The summed E-state index contributed by atoms with van der Waals surface area (Å²) in [4.78, 5) is 14.3. The normalized spacial score (nSPS) is 10.6. The van der Waals surface area contributed by atoms with Crippen molar-refractivity contribution in [3.63, 3.8) is 0 Å². The van der Waals surface area contributed by atoms with Gasteiger partial charge in [0.2, 0.25) is 0 Å². The molecule has 0 aliphatic carbocycles. The number of aryl methyl sites for hydroxylation is 2. The Morgan fingerprint density at radius 2 is 2.10 bits per heavy atom. The van der Waals surface area contributed by atoms with Gasteiger partial charge in [-0.3, -0.25) is 4.79 Å². The van der Waals surface area contributed by atoms with E-state index in [4.69, 9.17) is 5.73 Å². The minimum atomic E-state index is -0.0410. The molecule has 0 spiro atoms. The Morgan fingerprint density at radius 1 is 1.35 bits per heavy atom. The molecule has 0 radical (unpaired) electrons. The molecule has 1 heterocycles. The molecule has 2 aromatic rings. The standard InChI is InChI=1S/C16H21N3O/c1-4-8-19-11-13(17)10-15(19)16(20)18(3)14-7-5-6-12(2)9-14/h5-7,9-11H,4,8,17H2,1-3H3. The van der Waals surface area contributed by atoms with E-state index in [0.29, 0.717) is 11.4 Å². The molecular weight excluding hydrogens is 250 g/mol. The summed E-state index contributed by atoms with van der Waals surface area (Å²) in [7, 11) is 1.79. The average molecular weight is 271 g/mol. The third-order valence-electron chi connectivity index (χ3n) is 3.29. The van der Waals surface area contributed by atoms with E-state index in [1.54, 1.807) is 18.0 Å². The smallest absolute Gasteiger partial charge is 0.274 e. The summed E-state index contributed by atoms with van der Waals surface area (Å²) in [6.07, 6.45) is 2.78. The average Bonchev–Trinajstić information content (AvgIpc) is 2.78. The zero-order chi connectivity index (χ0) is 14.7. The zero-order valence-corrected chi connectivity index (χ0v) is 12.3. The Bertz CT molecular complexity index is 616. The van der Waals surface area contributed by atoms with Gasteiger partial charge in [0.1, 0.15) is 5.69 Å². The Hall–Kier alpha value is -2.23. The third kappa shape index (κ3) is 2.85. The fourth-order valence-electron chi connectivity index (χ4n) is 2.26. The van der Waals surface area contributed by atoms with Crippen molar-refractivity contribution in [2.75, 3.05) is 17.7 Å². The monoisotopic (exact) mass is 271 g/mol. The maximum Gasteiger partial charge on any atom is 0.274 e. The number of nitrogens with zero attached hydrogens (tertiary/aromatic N) is 2. The van der Waals surface area contributed by atoms with Gasteiger partial charge >= 0.3 is 0 Å². The summed E-state index contributed by atoms with van der Waals surface area (Å²) in [6.45, 7) is 4.88. The van der Waals surface area contributed by atoms with E-state index < -0.39 is 0 Å². The largest absolute Gasteiger partial charge is 0.397 e. The Balaban J connectivity index is 2.31. The highest BCUT2D eigenvalue weighted by Crippen LogP contribution is 2.19. The number of carbonyl (C=O) groups is 1. The second kappa shape index (κ2) is 5.82. The van der Waals surface area contributed by atoms with Crippen molar-refractivity contribution >= 4 is 17.3 Å². The van der Waals surface area contributed by atoms with Gasteiger partial charge in [0.25, 0.3) is 5.91 Å². The second-order valence-corrected chi connectivity index (χ2v) is 5.06. The maximum atomic E-state index is 12.6. The number of anilines is 2. The van der Waals surface area contributed by atoms with Crippen molar-refractivity contribution in [2.24, 2.45) is 0 Å². The van der Waals surface area contributed by atoms with E-state index in [2.05, 4.69) is 6.92 Å². The summed E-state index contributed by atoms with van der Waals surface area (Å²) in [5.74, 6) is -0.0410. The maximum absolute atomic E-state index is 12.6. The van der Waals surface area contributed by atoms with Crippen LogP contribution in [0.3, 0.4) is 0 Å². The Morgan fingerprint density at radius 3 is 2.75 bits per heavy atom. The van der Waals surface area contributed by atoms with Crippen molar-refractivity contribution in [2.45, 2.75) is 26.8 Å². The highest BCUT2D eigenvalue weighted by Gasteiger charge is 2.18. The summed E-state index contributed by atoms with van der Waals surface area (Å²) in [5, 5.41) is 0. The topological polar surface area (TPSA) is 51.3 Å². The first-order valence-electron chi connectivity index (χ1n) is 6.83. The molecule has 2 N–H and O–H groups in total. The SMILES string of the molecule is CCCn1cc(N)cc1C(=O)N(C)c1cccc(C)c1. The summed E-state index contributed by atoms with van der Waals surface area (Å²) < 4.78 is 1.92. The van der Waals surface area contributed by atoms with Gasteiger partial charge in [0.15, 0.2) is 0 Å². The predicted molar refractivity (Wildman–Crippen MR) is 83.0 cm³/mol. The van der Waals surface area contributed by atoms with Crippen LogP contribution in [0.2, 0.25) is 0 Å². The number of rotatable bonds is 4. The van der Waals surface area contributed by atoms with Crippen molar-refractivity contribution in [3.8, 4) is 0 Å². The van der Waals surface area contributed by atoms with E-state index >= 15 is 0 Å². The highest BCUT2D eigenvalue weighted by atomic mass is 16.2. The van der Waals surface area contributed by atoms with Crippen LogP contribution in [-0.2, 0) is 6.54 Å². The molecule has 0 atom stereocenters. The summed E-state index contributed by atoms with van der Waals surface area (Å²) >= 11 is 0. The molecule has 20 heavy (non-hydrogen) atoms. The fourth-order valence-corrected chi connectivity index (χ4v) is 2.26. The van der Waals surface area contributed by atoms with Crippen LogP contribution in [0.4, 0.5) is 11.4 Å². The van der Waals surface area contributed by atoms with E-state index in [0.717, 1.165) is 24.2 Å². The van der Waals surface area contributed by atoms with E-state index in [1.165, 1.54) is 0 Å². The molecule has 1 aromatic carbocycles. The fraction of sp³-hybridized carbons (Fsp3) is 0.312. The molecule has 0 saturated heterocycles. The molecule has 2 rings (SSSR count). The van der Waals surface area contributed by atoms with E-state index in [9.17, 15) is 4.79 Å². The molecule has 0 aliphatic heterocycles. The van der Waals surface area contributed by atoms with Gasteiger partial charge in [-0.15, -0.1) is 0 Å². The van der Waals surface area contributed by atoms with Gasteiger partial charge in [-0.25, -0.2) is 0 Å². The molecule has 1 amide bonds. The number of hydrogen-bond donors (Lipinski definition) is 1. The molecule has 0 bridgehead atoms. The molecule has 0 aliphatic rings. The quantitative estimate of drug-likeness (QED) is 0.929. The van der Waals surface area contributed by atoms with Gasteiger partial charge in [-0.1, -0.05) is 19.1 Å². The first kappa shape index (κ1) is 14.2. The van der Waals surface area contributed by atoms with Crippen molar-refractivity contribution in [1.82, 2.24) is 4.57 Å². The number of aromatic nitrogens is 1. The van der Waals surface area contributed by atoms with Crippen molar-refractivity contribution in [3.05, 3.63) is 47.8 Å². The minimum absolute atomic E-state index is 0.0410. The molecule has 0 fully saturated rings. The molecule has 4 nitrogen and oxygen atoms in total. The molecular formula is C16H21N3O. The van der Waals surface area contributed by atoms with Crippen LogP contribution in [0.1, 0.15) is 29.4 Å². The molecule has 4 heteroatoms. The number of hydrogen-bond acceptors (Lipinski definition) is 2. The van der Waals surface area contributed by atoms with Crippen LogP contribution in [0, 0.1) is 6.92 Å². The number of benzene rings is 1. The Labute approximate surface area is 119 Å². The first-order chi connectivity index (χ1) is 9.52. The molecule has 106 valence electrons. The first-order valence-corrected chi connectivity index (χ1v) is 6.83. The van der Waals surface area contributed by atoms with Crippen molar-refractivity contribution in [1.29, 1.82) is 0 Å². The van der Waals surface area contributed by atoms with Gasteiger partial charge in [-0.05, 0) is 37.1 Å². The lowest BCUT2D eigenvalue weighted by Gasteiger charge is -2.19. The molecule has 1 aromatic heterocycles. The number of carbonyl (C=O) groups excluding carboxylic acids is 1. The number of nitrogen functional groups attached to an aromatic ring is 1. The van der Waals surface area contributed by atoms with Gasteiger partial charge < -0.3 is 15.2 Å². The van der Waals surface area contributed by atoms with Crippen LogP contribution < -0.4 is 10.6 Å². The lowest BCUT2D eigenvalue weighted by molar-refractivity contribution is 0.0984. The van der Waals surface area contributed by atoms with Gasteiger partial charge in [0.05, 0.1) is 5.69 Å². The lowest BCUT2D eigenvalue weighted by Crippen LogP contribution is -2.28. The van der Waals surface area contributed by atoms with Crippen molar-refractivity contribution < 1.29 is 4.79 Å². The lowest BCUT2D eigenvalue weighted by atomic mass is 10.2. The zero-order valence-electron chi connectivity index (χ0n) is 12.3. The van der Waals surface area contributed by atoms with E-state index in [-0.39, 0.29) is 5.91 Å². The minimum Gasteiger partial charge on any atom is -0.397 e. The van der Waals surface area contributed by atoms with Gasteiger partial charge in [0, 0.05) is 25.5 Å². The third-order valence-corrected chi connectivity index (χ3v) is 3.29. The number of nitrogens with two attached hydrogens (primary N) is 1. The second-order valence-electron chi connectivity index (χ2n) is 5.06. The van der Waals surface area contributed by atoms with Crippen LogP contribution in [0.15, 0.2) is 36.5 Å². The van der Waals surface area contributed by atoms with Gasteiger partial charge in [-0.2, -0.15) is 0 Å². The van der Waals surface area contributed by atoms with Crippen LogP contribution in [0.5, 0.6) is 0 Å². The summed E-state index contributed by atoms with van der Waals surface area (Å²) in [5.41, 5.74) is 9.09. The van der Waals surface area contributed by atoms with E-state index in [1.807, 2.05) is 42.0 Å². The number of amides is 1. The Kier molecular flexibility index (Phi) is 4.13. The summed E-state index contributed by atoms with van der Waals surface area (Å²) in [6, 6.07) is 9.63. The van der Waals surface area contributed by atoms with Crippen LogP contribution in [-0.4, -0.2) is 17.5 Å². The predicted octanol–water partition coefficient (Wildman–Crippen LogP) is 3.07. The van der Waals surface area contributed by atoms with Crippen LogP contribution >= 0.6 is 0 Å². The molecule has 0 unspecified atom stereocenters. The molecule has 0 saturated carbocycles. The van der Waals surface area contributed by atoms with Crippen LogP contribution in [0.25, 0.3) is 0 Å².